The Bertz CT molecular complexity index is 585. The van der Waals surface area contributed by atoms with Crippen molar-refractivity contribution in [1.82, 2.24) is 0 Å². The van der Waals surface area contributed by atoms with E-state index in [9.17, 15) is 0 Å². The zero-order valence-electron chi connectivity index (χ0n) is 14.2. The van der Waals surface area contributed by atoms with E-state index in [1.807, 2.05) is 0 Å². The highest BCUT2D eigenvalue weighted by molar-refractivity contribution is 5.80. The quantitative estimate of drug-likeness (QED) is 0.508. The van der Waals surface area contributed by atoms with Crippen LogP contribution in [-0.4, -0.2) is 0 Å². The molecule has 0 bridgehead atoms. The summed E-state index contributed by atoms with van der Waals surface area (Å²) in [6.45, 7) is 6.66. The van der Waals surface area contributed by atoms with Crippen molar-refractivity contribution in [3.05, 3.63) is 70.8 Å². The Morgan fingerprint density at radius 3 is 1.95 bits per heavy atom. The number of rotatable bonds is 7. The summed E-state index contributed by atoms with van der Waals surface area (Å²) in [6, 6.07) is 18.0. The maximum atomic E-state index is 2.27. The van der Waals surface area contributed by atoms with Gasteiger partial charge in [0.05, 0.1) is 0 Å². The van der Waals surface area contributed by atoms with Crippen LogP contribution < -0.4 is 0 Å². The lowest BCUT2D eigenvalue weighted by Crippen LogP contribution is -1.87. The van der Waals surface area contributed by atoms with Gasteiger partial charge in [0, 0.05) is 0 Å². The normalized spacial score (nSPS) is 11.7. The molecule has 0 aliphatic heterocycles. The van der Waals surface area contributed by atoms with Crippen molar-refractivity contribution < 1.29 is 0 Å². The predicted molar refractivity (Wildman–Crippen MR) is 99.0 cm³/mol. The highest BCUT2D eigenvalue weighted by atomic mass is 14.0. The van der Waals surface area contributed by atoms with Crippen LogP contribution in [0.3, 0.4) is 0 Å². The van der Waals surface area contributed by atoms with Crippen LogP contribution in [0.1, 0.15) is 62.3 Å². The standard InChI is InChI=1S/C22H28/c1-4-6-8-20-13-15-22(16-14-20)18(3)17-21-11-9-19(7-5-2)10-12-21/h9-17H,4-8H2,1-3H3/b18-17+. The number of benzene rings is 2. The topological polar surface area (TPSA) is 0 Å². The van der Waals surface area contributed by atoms with E-state index in [1.165, 1.54) is 59.9 Å². The van der Waals surface area contributed by atoms with Crippen LogP contribution >= 0.6 is 0 Å². The van der Waals surface area contributed by atoms with E-state index >= 15 is 0 Å². The summed E-state index contributed by atoms with van der Waals surface area (Å²) in [7, 11) is 0. The van der Waals surface area contributed by atoms with Crippen LogP contribution in [0.4, 0.5) is 0 Å². The van der Waals surface area contributed by atoms with Crippen molar-refractivity contribution in [2.75, 3.05) is 0 Å². The van der Waals surface area contributed by atoms with Gasteiger partial charge in [-0.15, -0.1) is 0 Å². The van der Waals surface area contributed by atoms with Crippen molar-refractivity contribution in [2.24, 2.45) is 0 Å². The summed E-state index contributed by atoms with van der Waals surface area (Å²) in [5, 5.41) is 0. The lowest BCUT2D eigenvalue weighted by atomic mass is 10.0. The van der Waals surface area contributed by atoms with E-state index < -0.39 is 0 Å². The molecule has 0 radical (unpaired) electrons. The van der Waals surface area contributed by atoms with E-state index in [2.05, 4.69) is 75.4 Å². The van der Waals surface area contributed by atoms with Gasteiger partial charge >= 0.3 is 0 Å². The molecule has 0 aliphatic carbocycles. The summed E-state index contributed by atoms with van der Waals surface area (Å²) in [5.74, 6) is 0. The lowest BCUT2D eigenvalue weighted by Gasteiger charge is -2.05. The molecule has 0 heteroatoms. The summed E-state index contributed by atoms with van der Waals surface area (Å²) in [4.78, 5) is 0. The molecular formula is C22H28. The first-order valence-electron chi connectivity index (χ1n) is 8.59. The summed E-state index contributed by atoms with van der Waals surface area (Å²) in [6.07, 6.45) is 8.38. The highest BCUT2D eigenvalue weighted by Gasteiger charge is 1.98. The molecule has 0 amide bonds. The van der Waals surface area contributed by atoms with Crippen LogP contribution in [-0.2, 0) is 12.8 Å². The van der Waals surface area contributed by atoms with E-state index in [1.54, 1.807) is 0 Å². The van der Waals surface area contributed by atoms with Gasteiger partial charge in [-0.25, -0.2) is 0 Å². The first-order valence-corrected chi connectivity index (χ1v) is 8.59. The van der Waals surface area contributed by atoms with Crippen LogP contribution in [0, 0.1) is 0 Å². The lowest BCUT2D eigenvalue weighted by molar-refractivity contribution is 0.795. The molecule has 2 rings (SSSR count). The third kappa shape index (κ3) is 4.87. The monoisotopic (exact) mass is 292 g/mol. The van der Waals surface area contributed by atoms with Crippen molar-refractivity contribution in [3.8, 4) is 0 Å². The summed E-state index contributed by atoms with van der Waals surface area (Å²) < 4.78 is 0. The minimum Gasteiger partial charge on any atom is -0.0654 e. The fraction of sp³-hybridized carbons (Fsp3) is 0.364. The molecule has 0 nitrogen and oxygen atoms in total. The van der Waals surface area contributed by atoms with Gasteiger partial charge in [-0.2, -0.15) is 0 Å². The molecule has 2 aromatic carbocycles. The fourth-order valence-electron chi connectivity index (χ4n) is 2.72. The molecule has 0 saturated carbocycles. The summed E-state index contributed by atoms with van der Waals surface area (Å²) in [5.41, 5.74) is 6.80. The second-order valence-electron chi connectivity index (χ2n) is 6.12. The average Bonchev–Trinajstić information content (AvgIpc) is 2.55. The van der Waals surface area contributed by atoms with Crippen LogP contribution in [0.2, 0.25) is 0 Å². The molecule has 0 heterocycles. The Morgan fingerprint density at radius 1 is 0.773 bits per heavy atom. The number of unbranched alkanes of at least 4 members (excludes halogenated alkanes) is 1. The van der Waals surface area contributed by atoms with E-state index in [4.69, 9.17) is 0 Å². The maximum absolute atomic E-state index is 2.27. The van der Waals surface area contributed by atoms with Gasteiger partial charge in [0.25, 0.3) is 0 Å². The van der Waals surface area contributed by atoms with Crippen molar-refractivity contribution in [2.45, 2.75) is 52.9 Å². The first kappa shape index (κ1) is 16.5. The highest BCUT2D eigenvalue weighted by Crippen LogP contribution is 2.19. The zero-order chi connectivity index (χ0) is 15.8. The van der Waals surface area contributed by atoms with Gasteiger partial charge < -0.3 is 0 Å². The second-order valence-corrected chi connectivity index (χ2v) is 6.12. The van der Waals surface area contributed by atoms with E-state index in [0.717, 1.165) is 0 Å². The summed E-state index contributed by atoms with van der Waals surface area (Å²) >= 11 is 0. The Labute approximate surface area is 135 Å². The largest absolute Gasteiger partial charge is 0.0654 e. The van der Waals surface area contributed by atoms with E-state index in [0.29, 0.717) is 0 Å². The van der Waals surface area contributed by atoms with Crippen molar-refractivity contribution in [1.29, 1.82) is 0 Å². The smallest absolute Gasteiger partial charge is 0.0227 e. The van der Waals surface area contributed by atoms with Gasteiger partial charge in [0.15, 0.2) is 0 Å². The van der Waals surface area contributed by atoms with Crippen molar-refractivity contribution in [3.63, 3.8) is 0 Å². The molecule has 0 aromatic heterocycles. The fourth-order valence-corrected chi connectivity index (χ4v) is 2.72. The zero-order valence-corrected chi connectivity index (χ0v) is 14.2. The van der Waals surface area contributed by atoms with Gasteiger partial charge in [-0.1, -0.05) is 81.3 Å². The van der Waals surface area contributed by atoms with Gasteiger partial charge in [-0.05, 0) is 54.0 Å². The van der Waals surface area contributed by atoms with E-state index in [-0.39, 0.29) is 0 Å². The maximum Gasteiger partial charge on any atom is -0.0227 e. The molecule has 0 unspecified atom stereocenters. The Morgan fingerprint density at radius 2 is 1.36 bits per heavy atom. The molecule has 0 saturated heterocycles. The Balaban J connectivity index is 2.07. The Hall–Kier alpha value is -1.82. The van der Waals surface area contributed by atoms with Gasteiger partial charge in [0.1, 0.15) is 0 Å². The predicted octanol–water partition coefficient (Wildman–Crippen LogP) is 6.54. The minimum absolute atomic E-state index is 1.17. The molecule has 116 valence electrons. The van der Waals surface area contributed by atoms with Gasteiger partial charge in [-0.3, -0.25) is 0 Å². The van der Waals surface area contributed by atoms with Gasteiger partial charge in [0.2, 0.25) is 0 Å². The Kier molecular flexibility index (Phi) is 6.45. The SMILES string of the molecule is CCCCc1ccc(/C(C)=C/c2ccc(CCC)cc2)cc1. The van der Waals surface area contributed by atoms with Crippen LogP contribution in [0.5, 0.6) is 0 Å². The number of hydrogen-bond donors (Lipinski definition) is 0. The van der Waals surface area contributed by atoms with Crippen molar-refractivity contribution >= 4 is 11.6 Å². The molecule has 0 aliphatic rings. The molecule has 0 spiro atoms. The number of allylic oxidation sites excluding steroid dienone is 1. The number of aryl methyl sites for hydroxylation is 2. The average molecular weight is 292 g/mol. The molecule has 0 fully saturated rings. The second kappa shape index (κ2) is 8.58. The van der Waals surface area contributed by atoms with Crippen LogP contribution in [0.15, 0.2) is 48.5 Å². The molecular weight excluding hydrogens is 264 g/mol. The molecule has 2 aromatic rings. The minimum atomic E-state index is 1.17. The van der Waals surface area contributed by atoms with Crippen LogP contribution in [0.25, 0.3) is 11.6 Å². The molecule has 0 N–H and O–H groups in total. The molecule has 0 atom stereocenters. The first-order chi connectivity index (χ1) is 10.7. The third-order valence-corrected chi connectivity index (χ3v) is 4.13. The molecule has 22 heavy (non-hydrogen) atoms. The number of hydrogen-bond acceptors (Lipinski definition) is 0. The third-order valence-electron chi connectivity index (χ3n) is 4.13.